The third-order valence-corrected chi connectivity index (χ3v) is 5.22. The van der Waals surface area contributed by atoms with Crippen LogP contribution in [0.1, 0.15) is 57.4 Å². The van der Waals surface area contributed by atoms with Gasteiger partial charge in [0, 0.05) is 17.5 Å². The highest BCUT2D eigenvalue weighted by atomic mass is 32.1. The van der Waals surface area contributed by atoms with Crippen LogP contribution in [0.2, 0.25) is 0 Å². The van der Waals surface area contributed by atoms with Gasteiger partial charge in [0.2, 0.25) is 0 Å². The Bertz CT molecular complexity index is 351. The van der Waals surface area contributed by atoms with Crippen molar-refractivity contribution in [2.24, 2.45) is 5.41 Å². The molecule has 1 aromatic rings. The summed E-state index contributed by atoms with van der Waals surface area (Å²) in [5.41, 5.74) is 0.534. The van der Waals surface area contributed by atoms with E-state index in [0.29, 0.717) is 17.6 Å². The van der Waals surface area contributed by atoms with Gasteiger partial charge < -0.3 is 10.1 Å². The number of rotatable bonds is 6. The van der Waals surface area contributed by atoms with Crippen LogP contribution in [0.3, 0.4) is 0 Å². The Morgan fingerprint density at radius 1 is 1.42 bits per heavy atom. The monoisotopic (exact) mass is 281 g/mol. The van der Waals surface area contributed by atoms with Crippen molar-refractivity contribution in [3.63, 3.8) is 0 Å². The molecule has 0 aromatic carbocycles. The third kappa shape index (κ3) is 4.90. The molecule has 1 N–H and O–H groups in total. The average molecular weight is 281 g/mol. The van der Waals surface area contributed by atoms with Crippen molar-refractivity contribution in [2.75, 3.05) is 13.2 Å². The summed E-state index contributed by atoms with van der Waals surface area (Å²) in [7, 11) is 0. The summed E-state index contributed by atoms with van der Waals surface area (Å²) >= 11 is 1.81. The van der Waals surface area contributed by atoms with E-state index in [1.165, 1.54) is 30.6 Å². The van der Waals surface area contributed by atoms with Crippen LogP contribution in [0.25, 0.3) is 0 Å². The van der Waals surface area contributed by atoms with Gasteiger partial charge >= 0.3 is 0 Å². The molecule has 0 aliphatic heterocycles. The quantitative estimate of drug-likeness (QED) is 0.781. The first-order valence-electron chi connectivity index (χ1n) is 7.45. The van der Waals surface area contributed by atoms with E-state index in [9.17, 15) is 0 Å². The largest absolute Gasteiger partial charge is 0.377 e. The Hall–Kier alpha value is -0.380. The summed E-state index contributed by atoms with van der Waals surface area (Å²) in [6.45, 7) is 8.73. The summed E-state index contributed by atoms with van der Waals surface area (Å²) in [6, 6.07) is 4.74. The molecule has 0 spiro atoms. The Labute approximate surface area is 121 Å². The lowest BCUT2D eigenvalue weighted by Crippen LogP contribution is -2.29. The Morgan fingerprint density at radius 3 is 2.79 bits per heavy atom. The fourth-order valence-electron chi connectivity index (χ4n) is 2.68. The summed E-state index contributed by atoms with van der Waals surface area (Å²) < 4.78 is 5.98. The fourth-order valence-corrected chi connectivity index (χ4v) is 3.44. The zero-order valence-electron chi connectivity index (χ0n) is 12.4. The molecule has 0 bridgehead atoms. The van der Waals surface area contributed by atoms with Crippen molar-refractivity contribution in [3.05, 3.63) is 22.4 Å². The maximum Gasteiger partial charge on any atom is 0.0594 e. The zero-order valence-corrected chi connectivity index (χ0v) is 13.3. The molecule has 1 aliphatic rings. The first-order valence-corrected chi connectivity index (χ1v) is 8.33. The van der Waals surface area contributed by atoms with E-state index in [1.54, 1.807) is 0 Å². The number of hydrogen-bond acceptors (Lipinski definition) is 3. The standard InChI is InChI=1S/C16H27NOS/c1-13(15-5-4-12-19-15)17-10-11-18-14-6-8-16(2,3)9-7-14/h4-5,12-14,17H,6-11H2,1-3H3. The minimum atomic E-state index is 0.439. The van der Waals surface area contributed by atoms with Crippen LogP contribution < -0.4 is 5.32 Å². The van der Waals surface area contributed by atoms with Gasteiger partial charge in [0.25, 0.3) is 0 Å². The molecule has 1 aromatic heterocycles. The average Bonchev–Trinajstić information content (AvgIpc) is 2.90. The molecule has 108 valence electrons. The molecule has 1 aliphatic carbocycles. The van der Waals surface area contributed by atoms with E-state index in [1.807, 2.05) is 11.3 Å². The van der Waals surface area contributed by atoms with Gasteiger partial charge in [-0.3, -0.25) is 0 Å². The van der Waals surface area contributed by atoms with Gasteiger partial charge in [0.05, 0.1) is 12.7 Å². The highest BCUT2D eigenvalue weighted by Gasteiger charge is 2.26. The zero-order chi connectivity index (χ0) is 13.7. The number of nitrogens with one attached hydrogen (secondary N) is 1. The highest BCUT2D eigenvalue weighted by Crippen LogP contribution is 2.36. The molecule has 2 nitrogen and oxygen atoms in total. The molecule has 2 rings (SSSR count). The lowest BCUT2D eigenvalue weighted by molar-refractivity contribution is 0.00546. The SMILES string of the molecule is CC(NCCOC1CCC(C)(C)CC1)c1cccs1. The van der Waals surface area contributed by atoms with Crippen LogP contribution >= 0.6 is 11.3 Å². The fraction of sp³-hybridized carbons (Fsp3) is 0.750. The second kappa shape index (κ2) is 6.87. The summed E-state index contributed by atoms with van der Waals surface area (Å²) in [5.74, 6) is 0. The molecule has 0 saturated heterocycles. The van der Waals surface area contributed by atoms with Crippen LogP contribution in [-0.2, 0) is 4.74 Å². The first kappa shape index (κ1) is 15.0. The maximum atomic E-state index is 5.98. The van der Waals surface area contributed by atoms with Crippen molar-refractivity contribution in [2.45, 2.75) is 58.6 Å². The van der Waals surface area contributed by atoms with E-state index < -0.39 is 0 Å². The van der Waals surface area contributed by atoms with Crippen LogP contribution in [0, 0.1) is 5.41 Å². The third-order valence-electron chi connectivity index (χ3n) is 4.16. The van der Waals surface area contributed by atoms with Crippen molar-refractivity contribution in [1.29, 1.82) is 0 Å². The second-order valence-corrected chi connectivity index (χ2v) is 7.40. The van der Waals surface area contributed by atoms with Gasteiger partial charge in [-0.25, -0.2) is 0 Å². The van der Waals surface area contributed by atoms with Gasteiger partial charge in [-0.2, -0.15) is 0 Å². The molecule has 0 radical (unpaired) electrons. The van der Waals surface area contributed by atoms with Gasteiger partial charge in [0.15, 0.2) is 0 Å². The molecule has 1 saturated carbocycles. The molecule has 19 heavy (non-hydrogen) atoms. The van der Waals surface area contributed by atoms with Crippen LogP contribution in [0.5, 0.6) is 0 Å². The lowest BCUT2D eigenvalue weighted by atomic mass is 9.76. The molecule has 3 heteroatoms. The van der Waals surface area contributed by atoms with Crippen molar-refractivity contribution < 1.29 is 4.74 Å². The maximum absolute atomic E-state index is 5.98. The summed E-state index contributed by atoms with van der Waals surface area (Å²) in [5, 5.41) is 5.66. The smallest absolute Gasteiger partial charge is 0.0594 e. The Balaban J connectivity index is 1.57. The molecule has 1 atom stereocenters. The number of thiophene rings is 1. The van der Waals surface area contributed by atoms with Crippen LogP contribution in [0.15, 0.2) is 17.5 Å². The van der Waals surface area contributed by atoms with E-state index in [0.717, 1.165) is 13.2 Å². The number of hydrogen-bond donors (Lipinski definition) is 1. The van der Waals surface area contributed by atoms with E-state index in [4.69, 9.17) is 4.74 Å². The van der Waals surface area contributed by atoms with Crippen molar-refractivity contribution in [3.8, 4) is 0 Å². The molecular weight excluding hydrogens is 254 g/mol. The second-order valence-electron chi connectivity index (χ2n) is 6.43. The summed E-state index contributed by atoms with van der Waals surface area (Å²) in [4.78, 5) is 1.40. The normalized spacial score (nSPS) is 21.4. The minimum absolute atomic E-state index is 0.439. The molecule has 1 unspecified atom stereocenters. The Morgan fingerprint density at radius 2 is 2.16 bits per heavy atom. The van der Waals surface area contributed by atoms with Crippen molar-refractivity contribution >= 4 is 11.3 Å². The molecular formula is C16H27NOS. The summed E-state index contributed by atoms with van der Waals surface area (Å²) in [6.07, 6.45) is 5.56. The van der Waals surface area contributed by atoms with Crippen LogP contribution in [0.4, 0.5) is 0 Å². The van der Waals surface area contributed by atoms with E-state index in [-0.39, 0.29) is 0 Å². The van der Waals surface area contributed by atoms with Gasteiger partial charge in [0.1, 0.15) is 0 Å². The van der Waals surface area contributed by atoms with Crippen molar-refractivity contribution in [1.82, 2.24) is 5.32 Å². The first-order chi connectivity index (χ1) is 9.07. The molecule has 0 amide bonds. The van der Waals surface area contributed by atoms with E-state index >= 15 is 0 Å². The highest BCUT2D eigenvalue weighted by molar-refractivity contribution is 7.10. The molecule has 1 heterocycles. The lowest BCUT2D eigenvalue weighted by Gasteiger charge is -2.34. The predicted molar refractivity (Wildman–Crippen MR) is 82.7 cm³/mol. The van der Waals surface area contributed by atoms with Gasteiger partial charge in [-0.15, -0.1) is 11.3 Å². The van der Waals surface area contributed by atoms with E-state index in [2.05, 4.69) is 43.6 Å². The van der Waals surface area contributed by atoms with Gasteiger partial charge in [-0.05, 0) is 49.5 Å². The topological polar surface area (TPSA) is 21.3 Å². The van der Waals surface area contributed by atoms with Crippen LogP contribution in [-0.4, -0.2) is 19.3 Å². The Kier molecular flexibility index (Phi) is 5.43. The predicted octanol–water partition coefficient (Wildman–Crippen LogP) is 4.38. The minimum Gasteiger partial charge on any atom is -0.377 e. The van der Waals surface area contributed by atoms with Gasteiger partial charge in [-0.1, -0.05) is 19.9 Å². The molecule has 1 fully saturated rings. The number of ether oxygens (including phenoxy) is 1.